The third kappa shape index (κ3) is 2.39. The van der Waals surface area contributed by atoms with E-state index in [0.717, 1.165) is 11.1 Å². The van der Waals surface area contributed by atoms with E-state index in [4.69, 9.17) is 5.73 Å². The van der Waals surface area contributed by atoms with Crippen LogP contribution in [0, 0.1) is 6.92 Å². The van der Waals surface area contributed by atoms with Crippen molar-refractivity contribution >= 4 is 17.6 Å². The van der Waals surface area contributed by atoms with Crippen LogP contribution in [0.25, 0.3) is 0 Å². The van der Waals surface area contributed by atoms with E-state index in [0.29, 0.717) is 12.3 Å². The van der Waals surface area contributed by atoms with E-state index in [1.165, 1.54) is 0 Å². The quantitative estimate of drug-likeness (QED) is 0.698. The van der Waals surface area contributed by atoms with Crippen LogP contribution >= 0.6 is 0 Å². The third-order valence-electron chi connectivity index (χ3n) is 2.68. The molecule has 1 unspecified atom stereocenters. The zero-order valence-corrected chi connectivity index (χ0v) is 9.43. The van der Waals surface area contributed by atoms with Crippen LogP contribution in [0.15, 0.2) is 29.3 Å². The Morgan fingerprint density at radius 2 is 2.06 bits per heavy atom. The Kier molecular flexibility index (Phi) is 3.01. The normalized spacial score (nSPS) is 19.9. The highest BCUT2D eigenvalue weighted by Gasteiger charge is 2.28. The second-order valence-corrected chi connectivity index (χ2v) is 3.97. The first-order valence-electron chi connectivity index (χ1n) is 5.30. The molecule has 0 saturated heterocycles. The summed E-state index contributed by atoms with van der Waals surface area (Å²) in [5.74, 6) is -0.720. The molecule has 1 aliphatic heterocycles. The number of rotatable bonds is 2. The Labute approximate surface area is 98.7 Å². The number of hydrogen-bond acceptors (Lipinski definition) is 3. The lowest BCUT2D eigenvalue weighted by atomic mass is 10.0. The number of carbonyl (C=O) groups is 2. The molecule has 0 radical (unpaired) electrons. The largest absolute Gasteiger partial charge is 0.312 e. The predicted molar refractivity (Wildman–Crippen MR) is 63.4 cm³/mol. The van der Waals surface area contributed by atoms with Crippen molar-refractivity contribution in [1.29, 1.82) is 0 Å². The molecule has 88 valence electrons. The molecule has 1 atom stereocenters. The lowest BCUT2D eigenvalue weighted by Gasteiger charge is -2.17. The highest BCUT2D eigenvalue weighted by molar-refractivity contribution is 6.18. The van der Waals surface area contributed by atoms with E-state index >= 15 is 0 Å². The topological polar surface area (TPSA) is 84.6 Å². The van der Waals surface area contributed by atoms with Crippen molar-refractivity contribution in [2.75, 3.05) is 0 Å². The standard InChI is InChI=1S/C12H13N3O2/c1-7-4-2-3-5-8(7)6-9-14-11(16)10(13)12(17)15-9/h2-5,10H,6,13H2,1H3,(H,14,15,16,17). The van der Waals surface area contributed by atoms with Crippen molar-refractivity contribution in [2.45, 2.75) is 19.4 Å². The maximum Gasteiger partial charge on any atom is 0.273 e. The summed E-state index contributed by atoms with van der Waals surface area (Å²) >= 11 is 0. The van der Waals surface area contributed by atoms with Gasteiger partial charge >= 0.3 is 0 Å². The van der Waals surface area contributed by atoms with Crippen LogP contribution in [0.2, 0.25) is 0 Å². The van der Waals surface area contributed by atoms with Gasteiger partial charge in [-0.2, -0.15) is 4.99 Å². The van der Waals surface area contributed by atoms with E-state index in [2.05, 4.69) is 10.3 Å². The molecule has 0 aliphatic carbocycles. The first-order chi connectivity index (χ1) is 8.08. The summed E-state index contributed by atoms with van der Waals surface area (Å²) in [7, 11) is 0. The van der Waals surface area contributed by atoms with Gasteiger partial charge in [0.1, 0.15) is 5.84 Å². The molecule has 17 heavy (non-hydrogen) atoms. The second-order valence-electron chi connectivity index (χ2n) is 3.97. The van der Waals surface area contributed by atoms with Crippen molar-refractivity contribution in [3.8, 4) is 0 Å². The minimum atomic E-state index is -1.17. The summed E-state index contributed by atoms with van der Waals surface area (Å²) < 4.78 is 0. The molecule has 2 rings (SSSR count). The molecular weight excluding hydrogens is 218 g/mol. The number of nitrogens with zero attached hydrogens (tertiary/aromatic N) is 1. The summed E-state index contributed by atoms with van der Waals surface area (Å²) in [6.07, 6.45) is 0.427. The fourth-order valence-electron chi connectivity index (χ4n) is 1.64. The molecular formula is C12H13N3O2. The molecule has 0 aromatic heterocycles. The lowest BCUT2D eigenvalue weighted by molar-refractivity contribution is -0.129. The van der Waals surface area contributed by atoms with E-state index in [-0.39, 0.29) is 0 Å². The van der Waals surface area contributed by atoms with Crippen LogP contribution in [0.3, 0.4) is 0 Å². The van der Waals surface area contributed by atoms with Crippen molar-refractivity contribution in [3.05, 3.63) is 35.4 Å². The number of amidine groups is 1. The number of hydrogen-bond donors (Lipinski definition) is 2. The van der Waals surface area contributed by atoms with Gasteiger partial charge in [0.05, 0.1) is 0 Å². The number of nitrogens with one attached hydrogen (secondary N) is 1. The van der Waals surface area contributed by atoms with E-state index < -0.39 is 17.9 Å². The first-order valence-corrected chi connectivity index (χ1v) is 5.30. The summed E-state index contributed by atoms with van der Waals surface area (Å²) in [6, 6.07) is 6.56. The van der Waals surface area contributed by atoms with Gasteiger partial charge in [-0.3, -0.25) is 9.59 Å². The number of benzene rings is 1. The van der Waals surface area contributed by atoms with Crippen molar-refractivity contribution in [2.24, 2.45) is 10.7 Å². The molecule has 5 heteroatoms. The number of aryl methyl sites for hydroxylation is 1. The van der Waals surface area contributed by atoms with Crippen LogP contribution < -0.4 is 11.1 Å². The second kappa shape index (κ2) is 4.47. The Morgan fingerprint density at radius 3 is 2.71 bits per heavy atom. The van der Waals surface area contributed by atoms with Crippen LogP contribution in [0.5, 0.6) is 0 Å². The monoisotopic (exact) mass is 231 g/mol. The van der Waals surface area contributed by atoms with Gasteiger partial charge in [0.2, 0.25) is 0 Å². The van der Waals surface area contributed by atoms with Crippen LogP contribution in [0.4, 0.5) is 0 Å². The van der Waals surface area contributed by atoms with Gasteiger partial charge in [0.25, 0.3) is 11.8 Å². The number of carbonyl (C=O) groups excluding carboxylic acids is 2. The number of amides is 2. The zero-order valence-electron chi connectivity index (χ0n) is 9.43. The number of aliphatic imine (C=N–C) groups is 1. The first kappa shape index (κ1) is 11.5. The minimum absolute atomic E-state index is 0.357. The molecule has 2 amide bonds. The molecule has 0 saturated carbocycles. The third-order valence-corrected chi connectivity index (χ3v) is 2.68. The molecule has 1 aromatic rings. The molecule has 5 nitrogen and oxygen atoms in total. The highest BCUT2D eigenvalue weighted by atomic mass is 16.2. The number of nitrogens with two attached hydrogens (primary N) is 1. The molecule has 0 bridgehead atoms. The molecule has 1 aromatic carbocycles. The molecule has 3 N–H and O–H groups in total. The molecule has 0 spiro atoms. The lowest BCUT2D eigenvalue weighted by Crippen LogP contribution is -2.52. The summed E-state index contributed by atoms with van der Waals surface area (Å²) in [4.78, 5) is 26.4. The smallest absolute Gasteiger partial charge is 0.273 e. The molecule has 1 heterocycles. The van der Waals surface area contributed by atoms with Gasteiger partial charge in [0, 0.05) is 6.42 Å². The van der Waals surface area contributed by atoms with Crippen molar-refractivity contribution in [3.63, 3.8) is 0 Å². The zero-order chi connectivity index (χ0) is 12.4. The average molecular weight is 231 g/mol. The molecule has 0 fully saturated rings. The predicted octanol–water partition coefficient (Wildman–Crippen LogP) is -0.0803. The van der Waals surface area contributed by atoms with Gasteiger partial charge in [-0.25, -0.2) is 0 Å². The van der Waals surface area contributed by atoms with E-state index in [1.54, 1.807) is 0 Å². The van der Waals surface area contributed by atoms with E-state index in [9.17, 15) is 9.59 Å². The average Bonchev–Trinajstić information content (AvgIpc) is 2.29. The SMILES string of the molecule is Cc1ccccc1CC1=NC(=O)C(N)C(=O)N1. The Morgan fingerprint density at radius 1 is 1.35 bits per heavy atom. The van der Waals surface area contributed by atoms with E-state index in [1.807, 2.05) is 31.2 Å². The fourth-order valence-corrected chi connectivity index (χ4v) is 1.64. The van der Waals surface area contributed by atoms with Crippen LogP contribution in [-0.2, 0) is 16.0 Å². The van der Waals surface area contributed by atoms with Gasteiger partial charge < -0.3 is 11.1 Å². The van der Waals surface area contributed by atoms with Crippen molar-refractivity contribution in [1.82, 2.24) is 5.32 Å². The van der Waals surface area contributed by atoms with Gasteiger partial charge in [-0.15, -0.1) is 0 Å². The van der Waals surface area contributed by atoms with Crippen LogP contribution in [-0.4, -0.2) is 23.7 Å². The van der Waals surface area contributed by atoms with Gasteiger partial charge in [-0.05, 0) is 18.1 Å². The minimum Gasteiger partial charge on any atom is -0.312 e. The van der Waals surface area contributed by atoms with Gasteiger partial charge in [-0.1, -0.05) is 24.3 Å². The Bertz CT molecular complexity index is 508. The Balaban J connectivity index is 2.21. The van der Waals surface area contributed by atoms with Crippen molar-refractivity contribution < 1.29 is 9.59 Å². The Hall–Kier alpha value is -2.01. The summed E-state index contributed by atoms with van der Waals surface area (Å²) in [5.41, 5.74) is 7.45. The van der Waals surface area contributed by atoms with Crippen LogP contribution in [0.1, 0.15) is 11.1 Å². The fraction of sp³-hybridized carbons (Fsp3) is 0.250. The highest BCUT2D eigenvalue weighted by Crippen LogP contribution is 2.09. The summed E-state index contributed by atoms with van der Waals surface area (Å²) in [5, 5.41) is 2.54. The maximum absolute atomic E-state index is 11.4. The summed E-state index contributed by atoms with van der Waals surface area (Å²) in [6.45, 7) is 1.97. The maximum atomic E-state index is 11.4. The molecule has 1 aliphatic rings. The van der Waals surface area contributed by atoms with Gasteiger partial charge in [0.15, 0.2) is 6.04 Å².